The Morgan fingerprint density at radius 1 is 1.36 bits per heavy atom. The van der Waals surface area contributed by atoms with Gasteiger partial charge in [-0.15, -0.1) is 35.3 Å². The van der Waals surface area contributed by atoms with Crippen molar-refractivity contribution >= 4 is 51.3 Å². The molecule has 1 heterocycles. The van der Waals surface area contributed by atoms with Gasteiger partial charge in [0, 0.05) is 18.6 Å². The molecule has 0 atom stereocenters. The van der Waals surface area contributed by atoms with Crippen LogP contribution in [-0.4, -0.2) is 39.6 Å². The molecule has 0 radical (unpaired) electrons. The number of nitrogens with zero attached hydrogens (tertiary/aromatic N) is 1. The summed E-state index contributed by atoms with van der Waals surface area (Å²) in [6, 6.07) is 3.30. The third-order valence-corrected chi connectivity index (χ3v) is 5.13. The molecule has 0 bridgehead atoms. The minimum Gasteiger partial charge on any atom is -0.357 e. The van der Waals surface area contributed by atoms with Crippen molar-refractivity contribution in [3.63, 3.8) is 0 Å². The first-order valence-electron chi connectivity index (χ1n) is 6.84. The molecule has 0 aliphatic carbocycles. The quantitative estimate of drug-likeness (QED) is 0.263. The summed E-state index contributed by atoms with van der Waals surface area (Å²) in [6.45, 7) is 9.50. The predicted molar refractivity (Wildman–Crippen MR) is 104 cm³/mol. The molecule has 0 aromatic carbocycles. The second-order valence-electron chi connectivity index (χ2n) is 5.47. The van der Waals surface area contributed by atoms with Crippen LogP contribution < -0.4 is 15.4 Å². The Labute approximate surface area is 154 Å². The number of hydrogen-bond donors (Lipinski definition) is 3. The Kier molecular flexibility index (Phi) is 9.51. The number of halogens is 1. The van der Waals surface area contributed by atoms with Crippen molar-refractivity contribution in [2.45, 2.75) is 37.4 Å². The molecule has 9 heteroatoms. The summed E-state index contributed by atoms with van der Waals surface area (Å²) in [5.74, 6) is 0.681. The molecule has 1 rings (SSSR count). The van der Waals surface area contributed by atoms with Gasteiger partial charge in [0.25, 0.3) is 0 Å². The van der Waals surface area contributed by atoms with Crippen molar-refractivity contribution in [2.75, 3.05) is 19.6 Å². The van der Waals surface area contributed by atoms with E-state index >= 15 is 0 Å². The van der Waals surface area contributed by atoms with Gasteiger partial charge in [-0.3, -0.25) is 4.99 Å². The third kappa shape index (κ3) is 8.30. The number of guanidine groups is 1. The monoisotopic (exact) mass is 460 g/mol. The molecule has 0 saturated heterocycles. The van der Waals surface area contributed by atoms with Gasteiger partial charge >= 0.3 is 0 Å². The second-order valence-corrected chi connectivity index (χ2v) is 8.41. The van der Waals surface area contributed by atoms with Crippen LogP contribution in [0.1, 0.15) is 27.7 Å². The lowest BCUT2D eigenvalue weighted by Crippen LogP contribution is -2.47. The fraction of sp³-hybridized carbons (Fsp3) is 0.615. The topological polar surface area (TPSA) is 82.6 Å². The highest BCUT2D eigenvalue weighted by molar-refractivity contribution is 14.0. The van der Waals surface area contributed by atoms with Crippen LogP contribution in [0.2, 0.25) is 0 Å². The molecule has 0 fully saturated rings. The molecule has 0 unspecified atom stereocenters. The first-order chi connectivity index (χ1) is 9.74. The molecule has 6 nitrogen and oxygen atoms in total. The molecule has 0 aliphatic heterocycles. The Balaban J connectivity index is 0.00000441. The van der Waals surface area contributed by atoms with E-state index in [-0.39, 0.29) is 36.1 Å². The van der Waals surface area contributed by atoms with E-state index < -0.39 is 10.0 Å². The average Bonchev–Trinajstić information content (AvgIpc) is 2.87. The van der Waals surface area contributed by atoms with E-state index in [9.17, 15) is 8.42 Å². The minimum absolute atomic E-state index is 0. The number of hydrogen-bond acceptors (Lipinski definition) is 4. The first-order valence-corrected chi connectivity index (χ1v) is 9.20. The van der Waals surface area contributed by atoms with Crippen LogP contribution in [0.25, 0.3) is 0 Å². The van der Waals surface area contributed by atoms with Crippen molar-refractivity contribution in [2.24, 2.45) is 4.99 Å². The van der Waals surface area contributed by atoms with Gasteiger partial charge in [0.1, 0.15) is 4.21 Å². The molecule has 22 heavy (non-hydrogen) atoms. The maximum Gasteiger partial charge on any atom is 0.250 e. The molecule has 0 saturated carbocycles. The second kappa shape index (κ2) is 9.68. The van der Waals surface area contributed by atoms with Crippen LogP contribution >= 0.6 is 35.3 Å². The van der Waals surface area contributed by atoms with Gasteiger partial charge < -0.3 is 10.6 Å². The normalized spacial score (nSPS) is 12.6. The number of nitrogens with one attached hydrogen (secondary N) is 3. The van der Waals surface area contributed by atoms with E-state index in [0.717, 1.165) is 6.54 Å². The van der Waals surface area contributed by atoms with Crippen LogP contribution in [0, 0.1) is 0 Å². The van der Waals surface area contributed by atoms with Gasteiger partial charge in [-0.2, -0.15) is 0 Å². The predicted octanol–water partition coefficient (Wildman–Crippen LogP) is 2.00. The van der Waals surface area contributed by atoms with E-state index in [1.54, 1.807) is 17.5 Å². The fourth-order valence-electron chi connectivity index (χ4n) is 1.50. The summed E-state index contributed by atoms with van der Waals surface area (Å²) >= 11 is 1.20. The lowest BCUT2D eigenvalue weighted by molar-refractivity contribution is 0.501. The molecule has 1 aromatic rings. The summed E-state index contributed by atoms with van der Waals surface area (Å²) in [4.78, 5) is 4.35. The van der Waals surface area contributed by atoms with Gasteiger partial charge in [0.15, 0.2) is 5.96 Å². The zero-order valence-electron chi connectivity index (χ0n) is 13.3. The largest absolute Gasteiger partial charge is 0.357 e. The molecule has 3 N–H and O–H groups in total. The number of thiophene rings is 1. The van der Waals surface area contributed by atoms with E-state index in [1.807, 2.05) is 27.7 Å². The Bertz CT molecular complexity index is 551. The number of sulfonamides is 1. The molecular formula is C13H25IN4O2S2. The smallest absolute Gasteiger partial charge is 0.250 e. The molecule has 0 amide bonds. The van der Waals surface area contributed by atoms with Crippen LogP contribution in [0.5, 0.6) is 0 Å². The van der Waals surface area contributed by atoms with Gasteiger partial charge in [-0.1, -0.05) is 6.07 Å². The number of rotatable bonds is 6. The van der Waals surface area contributed by atoms with Crippen LogP contribution in [0.15, 0.2) is 26.7 Å². The molecule has 1 aromatic heterocycles. The maximum absolute atomic E-state index is 11.9. The fourth-order valence-corrected chi connectivity index (χ4v) is 3.56. The average molecular weight is 460 g/mol. The highest BCUT2D eigenvalue weighted by atomic mass is 127. The van der Waals surface area contributed by atoms with Gasteiger partial charge in [-0.25, -0.2) is 13.1 Å². The molecule has 0 aliphatic rings. The standard InChI is InChI=1S/C13H24N4O2S2.HI/c1-5-14-12(17-13(2,3)4)15-8-9-16-21(18,19)11-7-6-10-20-11;/h6-7,10,16H,5,8-9H2,1-4H3,(H2,14,15,17);1H. The van der Waals surface area contributed by atoms with Crippen LogP contribution in [0.3, 0.4) is 0 Å². The first kappa shape index (κ1) is 21.6. The van der Waals surface area contributed by atoms with Gasteiger partial charge in [0.05, 0.1) is 6.54 Å². The highest BCUT2D eigenvalue weighted by Gasteiger charge is 2.14. The Morgan fingerprint density at radius 3 is 2.55 bits per heavy atom. The van der Waals surface area contributed by atoms with Gasteiger partial charge in [-0.05, 0) is 39.1 Å². The molecule has 0 spiro atoms. The lowest BCUT2D eigenvalue weighted by Gasteiger charge is -2.23. The SMILES string of the molecule is CCNC(=NCCNS(=O)(=O)c1cccs1)NC(C)(C)C.I. The summed E-state index contributed by atoms with van der Waals surface area (Å²) < 4.78 is 26.7. The van der Waals surface area contributed by atoms with Crippen molar-refractivity contribution in [3.05, 3.63) is 17.5 Å². The highest BCUT2D eigenvalue weighted by Crippen LogP contribution is 2.14. The molecule has 128 valence electrons. The van der Waals surface area contributed by atoms with Crippen LogP contribution in [-0.2, 0) is 10.0 Å². The molecular weight excluding hydrogens is 435 g/mol. The maximum atomic E-state index is 11.9. The van der Waals surface area contributed by atoms with Crippen molar-refractivity contribution < 1.29 is 8.42 Å². The van der Waals surface area contributed by atoms with E-state index in [1.165, 1.54) is 11.3 Å². The van der Waals surface area contributed by atoms with E-state index in [4.69, 9.17) is 0 Å². The summed E-state index contributed by atoms with van der Waals surface area (Å²) in [7, 11) is -3.40. The summed E-state index contributed by atoms with van der Waals surface area (Å²) in [5, 5.41) is 8.11. The van der Waals surface area contributed by atoms with Crippen molar-refractivity contribution in [1.82, 2.24) is 15.4 Å². The zero-order chi connectivity index (χ0) is 15.9. The van der Waals surface area contributed by atoms with Crippen molar-refractivity contribution in [3.8, 4) is 0 Å². The van der Waals surface area contributed by atoms with E-state index in [2.05, 4.69) is 20.3 Å². The summed E-state index contributed by atoms with van der Waals surface area (Å²) in [5.41, 5.74) is -0.0997. The van der Waals surface area contributed by atoms with Gasteiger partial charge in [0.2, 0.25) is 10.0 Å². The minimum atomic E-state index is -3.40. The number of aliphatic imine (C=N–C) groups is 1. The lowest BCUT2D eigenvalue weighted by atomic mass is 10.1. The Morgan fingerprint density at radius 2 is 2.05 bits per heavy atom. The van der Waals surface area contributed by atoms with Crippen molar-refractivity contribution in [1.29, 1.82) is 0 Å². The van der Waals surface area contributed by atoms with Crippen LogP contribution in [0.4, 0.5) is 0 Å². The Hall–Kier alpha value is -0.390. The third-order valence-electron chi connectivity index (χ3n) is 2.27. The summed E-state index contributed by atoms with van der Waals surface area (Å²) in [6.07, 6.45) is 0. The van der Waals surface area contributed by atoms with E-state index in [0.29, 0.717) is 16.7 Å². The zero-order valence-corrected chi connectivity index (χ0v) is 17.3.